The van der Waals surface area contributed by atoms with Gasteiger partial charge in [0.25, 0.3) is 0 Å². The van der Waals surface area contributed by atoms with Crippen LogP contribution in [0.1, 0.15) is 17.5 Å². The van der Waals surface area contributed by atoms with Crippen LogP contribution in [0.2, 0.25) is 0 Å². The number of hydrogen-bond acceptors (Lipinski definition) is 3. The fourth-order valence-electron chi connectivity index (χ4n) is 1.15. The minimum Gasteiger partial charge on any atom is -0.466 e. The molecule has 0 saturated carbocycles. The van der Waals surface area contributed by atoms with Crippen molar-refractivity contribution < 1.29 is 9.53 Å². The lowest BCUT2D eigenvalue weighted by Gasteiger charge is -1.94. The minimum atomic E-state index is -0.364. The second-order valence-corrected chi connectivity index (χ2v) is 3.32. The van der Waals surface area contributed by atoms with E-state index in [4.69, 9.17) is 5.73 Å². The van der Waals surface area contributed by atoms with E-state index in [1.54, 1.807) is 6.08 Å². The summed E-state index contributed by atoms with van der Waals surface area (Å²) in [4.78, 5) is 10.9. The molecule has 1 aromatic carbocycles. The Labute approximate surface area is 101 Å². The molecular weight excluding hydrogens is 214 g/mol. The zero-order valence-corrected chi connectivity index (χ0v) is 9.77. The first kappa shape index (κ1) is 13.0. The lowest BCUT2D eigenvalue weighted by molar-refractivity contribution is -0.134. The van der Waals surface area contributed by atoms with Gasteiger partial charge < -0.3 is 10.5 Å². The van der Waals surface area contributed by atoms with Gasteiger partial charge in [-0.1, -0.05) is 24.0 Å². The molecule has 0 radical (unpaired) electrons. The largest absolute Gasteiger partial charge is 0.466 e. The Morgan fingerprint density at radius 2 is 2.12 bits per heavy atom. The molecule has 0 bridgehead atoms. The van der Waals surface area contributed by atoms with Crippen molar-refractivity contribution in [3.63, 3.8) is 0 Å². The Morgan fingerprint density at radius 1 is 1.41 bits per heavy atom. The highest BCUT2D eigenvalue weighted by Crippen LogP contribution is 2.05. The number of rotatable bonds is 3. The summed E-state index contributed by atoms with van der Waals surface area (Å²) in [5, 5.41) is 0. The van der Waals surface area contributed by atoms with Crippen molar-refractivity contribution in [2.75, 3.05) is 13.7 Å². The predicted octanol–water partition coefficient (Wildman–Crippen LogP) is 1.57. The summed E-state index contributed by atoms with van der Waals surface area (Å²) < 4.78 is 4.50. The number of methoxy groups -OCH3 is 1. The zero-order chi connectivity index (χ0) is 12.5. The average molecular weight is 229 g/mol. The highest BCUT2D eigenvalue weighted by molar-refractivity contribution is 5.86. The van der Waals surface area contributed by atoms with Crippen LogP contribution in [0.5, 0.6) is 0 Å². The number of hydrogen-bond donors (Lipinski definition) is 1. The van der Waals surface area contributed by atoms with E-state index in [-0.39, 0.29) is 5.97 Å². The first-order valence-electron chi connectivity index (χ1n) is 5.31. The van der Waals surface area contributed by atoms with Gasteiger partial charge in [-0.3, -0.25) is 0 Å². The molecular formula is C14H15NO2. The normalized spacial score (nSPS) is 9.76. The number of carbonyl (C=O) groups excluding carboxylic acids is 1. The molecule has 1 rings (SSSR count). The Balaban J connectivity index is 2.66. The first-order chi connectivity index (χ1) is 8.26. The smallest absolute Gasteiger partial charge is 0.330 e. The van der Waals surface area contributed by atoms with Crippen LogP contribution in [0.4, 0.5) is 0 Å². The van der Waals surface area contributed by atoms with Crippen LogP contribution >= 0.6 is 0 Å². The van der Waals surface area contributed by atoms with E-state index >= 15 is 0 Å². The van der Waals surface area contributed by atoms with Crippen molar-refractivity contribution >= 4 is 12.0 Å². The molecule has 0 aromatic heterocycles. The van der Waals surface area contributed by atoms with E-state index in [2.05, 4.69) is 16.6 Å². The van der Waals surface area contributed by atoms with Crippen molar-refractivity contribution in [3.8, 4) is 11.8 Å². The molecule has 88 valence electrons. The number of esters is 1. The highest BCUT2D eigenvalue weighted by atomic mass is 16.5. The Kier molecular flexibility index (Phi) is 5.56. The van der Waals surface area contributed by atoms with E-state index in [1.165, 1.54) is 13.2 Å². The summed E-state index contributed by atoms with van der Waals surface area (Å²) in [5.74, 6) is 5.60. The molecule has 0 heterocycles. The summed E-state index contributed by atoms with van der Waals surface area (Å²) >= 11 is 0. The Morgan fingerprint density at radius 3 is 2.71 bits per heavy atom. The quantitative estimate of drug-likeness (QED) is 0.486. The third-order valence-corrected chi connectivity index (χ3v) is 2.03. The zero-order valence-electron chi connectivity index (χ0n) is 9.77. The molecule has 0 aliphatic rings. The topological polar surface area (TPSA) is 52.3 Å². The van der Waals surface area contributed by atoms with Crippen molar-refractivity contribution in [1.82, 2.24) is 0 Å². The molecule has 0 saturated heterocycles. The number of ether oxygens (including phenoxy) is 1. The summed E-state index contributed by atoms with van der Waals surface area (Å²) in [5.41, 5.74) is 7.21. The molecule has 0 unspecified atom stereocenters. The Hall–Kier alpha value is -2.05. The third kappa shape index (κ3) is 5.01. The Bertz CT molecular complexity index is 449. The molecule has 0 fully saturated rings. The molecule has 0 atom stereocenters. The lowest BCUT2D eigenvalue weighted by atomic mass is 10.1. The van der Waals surface area contributed by atoms with Crippen LogP contribution in [0.25, 0.3) is 6.08 Å². The van der Waals surface area contributed by atoms with Gasteiger partial charge in [-0.15, -0.1) is 0 Å². The maximum absolute atomic E-state index is 10.9. The van der Waals surface area contributed by atoms with Gasteiger partial charge in [0.1, 0.15) is 0 Å². The van der Waals surface area contributed by atoms with E-state index in [0.29, 0.717) is 13.0 Å². The summed E-state index contributed by atoms with van der Waals surface area (Å²) in [6, 6.07) is 7.60. The minimum absolute atomic E-state index is 0.364. The number of carbonyl (C=O) groups is 1. The van der Waals surface area contributed by atoms with Crippen LogP contribution in [0.15, 0.2) is 30.3 Å². The standard InChI is InChI=1S/C14H15NO2/c1-17-14(16)10-9-13-7-5-12(6-8-13)4-2-3-11-15/h5-10H,3,11,15H2,1H3/b10-9+. The fourth-order valence-corrected chi connectivity index (χ4v) is 1.15. The molecule has 17 heavy (non-hydrogen) atoms. The molecule has 2 N–H and O–H groups in total. The van der Waals surface area contributed by atoms with Gasteiger partial charge >= 0.3 is 5.97 Å². The predicted molar refractivity (Wildman–Crippen MR) is 68.0 cm³/mol. The molecule has 0 amide bonds. The summed E-state index contributed by atoms with van der Waals surface area (Å²) in [6.45, 7) is 0.576. The van der Waals surface area contributed by atoms with Crippen LogP contribution in [-0.4, -0.2) is 19.6 Å². The van der Waals surface area contributed by atoms with Crippen LogP contribution < -0.4 is 5.73 Å². The molecule has 3 heteroatoms. The number of benzene rings is 1. The van der Waals surface area contributed by atoms with Crippen LogP contribution in [-0.2, 0) is 9.53 Å². The maximum Gasteiger partial charge on any atom is 0.330 e. The molecule has 0 spiro atoms. The van der Waals surface area contributed by atoms with Crippen molar-refractivity contribution in [2.24, 2.45) is 5.73 Å². The van der Waals surface area contributed by atoms with E-state index in [1.807, 2.05) is 24.3 Å². The second-order valence-electron chi connectivity index (χ2n) is 3.32. The highest BCUT2D eigenvalue weighted by Gasteiger charge is 1.92. The van der Waals surface area contributed by atoms with Gasteiger partial charge in [0, 0.05) is 24.6 Å². The lowest BCUT2D eigenvalue weighted by Crippen LogP contribution is -1.95. The third-order valence-electron chi connectivity index (χ3n) is 2.03. The molecule has 3 nitrogen and oxygen atoms in total. The van der Waals surface area contributed by atoms with Crippen molar-refractivity contribution in [3.05, 3.63) is 41.5 Å². The fraction of sp³-hybridized carbons (Fsp3) is 0.214. The molecule has 0 aliphatic carbocycles. The van der Waals surface area contributed by atoms with Gasteiger partial charge in [0.05, 0.1) is 7.11 Å². The van der Waals surface area contributed by atoms with Gasteiger partial charge in [-0.2, -0.15) is 0 Å². The monoisotopic (exact) mass is 229 g/mol. The second kappa shape index (κ2) is 7.26. The van der Waals surface area contributed by atoms with Gasteiger partial charge in [-0.25, -0.2) is 4.79 Å². The van der Waals surface area contributed by atoms with Crippen LogP contribution in [0, 0.1) is 11.8 Å². The average Bonchev–Trinajstić information content (AvgIpc) is 2.37. The van der Waals surface area contributed by atoms with Crippen LogP contribution in [0.3, 0.4) is 0 Å². The van der Waals surface area contributed by atoms with Gasteiger partial charge in [0.2, 0.25) is 0 Å². The SMILES string of the molecule is COC(=O)/C=C/c1ccc(C#CCCN)cc1. The van der Waals surface area contributed by atoms with E-state index < -0.39 is 0 Å². The van der Waals surface area contributed by atoms with Crippen molar-refractivity contribution in [1.29, 1.82) is 0 Å². The molecule has 1 aromatic rings. The number of nitrogens with two attached hydrogens (primary N) is 1. The molecule has 0 aliphatic heterocycles. The maximum atomic E-state index is 10.9. The van der Waals surface area contributed by atoms with E-state index in [9.17, 15) is 4.79 Å². The van der Waals surface area contributed by atoms with E-state index in [0.717, 1.165) is 11.1 Å². The summed E-state index contributed by atoms with van der Waals surface area (Å²) in [6.07, 6.45) is 3.78. The summed E-state index contributed by atoms with van der Waals surface area (Å²) in [7, 11) is 1.35. The van der Waals surface area contributed by atoms with Crippen molar-refractivity contribution in [2.45, 2.75) is 6.42 Å². The van der Waals surface area contributed by atoms with Gasteiger partial charge in [0.15, 0.2) is 0 Å². The van der Waals surface area contributed by atoms with Gasteiger partial charge in [-0.05, 0) is 23.8 Å². The first-order valence-corrected chi connectivity index (χ1v) is 5.31.